The van der Waals surface area contributed by atoms with Gasteiger partial charge < -0.3 is 15.9 Å². The lowest BCUT2D eigenvalue weighted by Crippen LogP contribution is -2.20. The van der Waals surface area contributed by atoms with Gasteiger partial charge in [0.15, 0.2) is 0 Å². The van der Waals surface area contributed by atoms with E-state index in [-0.39, 0.29) is 22.6 Å². The number of hydrogen-bond acceptors (Lipinski definition) is 6. The molecule has 0 aliphatic carbocycles. The van der Waals surface area contributed by atoms with Crippen molar-refractivity contribution >= 4 is 57.8 Å². The lowest BCUT2D eigenvalue weighted by atomic mass is 10.1. The highest BCUT2D eigenvalue weighted by Crippen LogP contribution is 2.40. The number of hydrogen-bond donors (Lipinski definition) is 4. The molecular weight excluding hydrogens is 449 g/mol. The number of hydrazone groups is 1. The molecule has 0 fully saturated rings. The average molecular weight is 464 g/mol. The lowest BCUT2D eigenvalue weighted by Gasteiger charge is -2.06. The van der Waals surface area contributed by atoms with Crippen LogP contribution in [0.2, 0.25) is 10.0 Å². The van der Waals surface area contributed by atoms with Crippen LogP contribution >= 0.6 is 34.5 Å². The maximum absolute atomic E-state index is 12.3. The van der Waals surface area contributed by atoms with Crippen molar-refractivity contribution in [3.05, 3.63) is 68.5 Å². The highest BCUT2D eigenvalue weighted by molar-refractivity contribution is 7.14. The maximum Gasteiger partial charge on any atom is 0.335 e. The summed E-state index contributed by atoms with van der Waals surface area (Å²) in [6.45, 7) is 1.62. The SMILES string of the molecule is C/C(=N\NC(=O)c1ccc(C(=O)O)cc1N)c1csc(-c2ccc(Cl)c(Cl)c2)c1O. The summed E-state index contributed by atoms with van der Waals surface area (Å²) in [5.74, 6) is -1.75. The number of aromatic hydroxyl groups is 1. The maximum atomic E-state index is 12.3. The third-order valence-corrected chi connectivity index (χ3v) is 5.96. The molecule has 0 saturated heterocycles. The topological polar surface area (TPSA) is 125 Å². The molecule has 0 radical (unpaired) electrons. The van der Waals surface area contributed by atoms with Crippen LogP contribution in [0.25, 0.3) is 10.4 Å². The van der Waals surface area contributed by atoms with Crippen LogP contribution in [-0.4, -0.2) is 27.8 Å². The van der Waals surface area contributed by atoms with Gasteiger partial charge in [-0.3, -0.25) is 4.79 Å². The fourth-order valence-electron chi connectivity index (χ4n) is 2.61. The van der Waals surface area contributed by atoms with Gasteiger partial charge in [0.25, 0.3) is 5.91 Å². The van der Waals surface area contributed by atoms with E-state index in [9.17, 15) is 14.7 Å². The molecule has 3 rings (SSSR count). The van der Waals surface area contributed by atoms with Gasteiger partial charge in [-0.15, -0.1) is 11.3 Å². The Kier molecular flexibility index (Phi) is 6.31. The monoisotopic (exact) mass is 463 g/mol. The third kappa shape index (κ3) is 4.40. The zero-order chi connectivity index (χ0) is 22.0. The first-order valence-electron chi connectivity index (χ1n) is 8.42. The third-order valence-electron chi connectivity index (χ3n) is 4.20. The van der Waals surface area contributed by atoms with E-state index in [4.69, 9.17) is 34.0 Å². The highest BCUT2D eigenvalue weighted by atomic mass is 35.5. The van der Waals surface area contributed by atoms with Crippen LogP contribution in [0.5, 0.6) is 5.75 Å². The van der Waals surface area contributed by atoms with Crippen LogP contribution in [0.3, 0.4) is 0 Å². The highest BCUT2D eigenvalue weighted by Gasteiger charge is 2.17. The Morgan fingerprint density at radius 1 is 1.10 bits per heavy atom. The standard InChI is InChI=1S/C20H15Cl2N3O4S/c1-9(24-25-19(27)12-4-2-11(20(28)29)7-16(12)23)13-8-30-18(17(13)26)10-3-5-14(21)15(22)6-10/h2-8,26H,23H2,1H3,(H,25,27)(H,28,29)/b24-9+. The van der Waals surface area contributed by atoms with Crippen molar-refractivity contribution in [3.63, 3.8) is 0 Å². The molecule has 154 valence electrons. The summed E-state index contributed by atoms with van der Waals surface area (Å²) in [6, 6.07) is 8.81. The van der Waals surface area contributed by atoms with E-state index in [0.29, 0.717) is 31.8 Å². The van der Waals surface area contributed by atoms with Crippen LogP contribution in [0.4, 0.5) is 5.69 Å². The number of carbonyl (C=O) groups excluding carboxylic acids is 1. The van der Waals surface area contributed by atoms with Crippen molar-refractivity contribution < 1.29 is 19.8 Å². The van der Waals surface area contributed by atoms with E-state index in [1.165, 1.54) is 29.5 Å². The van der Waals surface area contributed by atoms with Crippen molar-refractivity contribution in [1.29, 1.82) is 0 Å². The van der Waals surface area contributed by atoms with Crippen LogP contribution in [0.1, 0.15) is 33.2 Å². The van der Waals surface area contributed by atoms with E-state index in [0.717, 1.165) is 0 Å². The number of carboxylic acids is 1. The number of carboxylic acid groups (broad SMARTS) is 1. The number of nitrogen functional groups attached to an aromatic ring is 1. The van der Waals surface area contributed by atoms with E-state index in [1.54, 1.807) is 30.5 Å². The normalized spacial score (nSPS) is 11.4. The van der Waals surface area contributed by atoms with Crippen LogP contribution in [0.15, 0.2) is 46.9 Å². The van der Waals surface area contributed by atoms with Gasteiger partial charge in [-0.1, -0.05) is 29.3 Å². The van der Waals surface area contributed by atoms with E-state index >= 15 is 0 Å². The fraction of sp³-hybridized carbons (Fsp3) is 0.0500. The minimum atomic E-state index is -1.15. The summed E-state index contributed by atoms with van der Waals surface area (Å²) < 4.78 is 0. The Morgan fingerprint density at radius 3 is 2.47 bits per heavy atom. The molecule has 0 spiro atoms. The van der Waals surface area contributed by atoms with E-state index in [1.807, 2.05) is 0 Å². The molecule has 2 aromatic carbocycles. The van der Waals surface area contributed by atoms with Crippen molar-refractivity contribution in [2.45, 2.75) is 6.92 Å². The molecular formula is C20H15Cl2N3O4S. The van der Waals surface area contributed by atoms with Crippen LogP contribution in [-0.2, 0) is 0 Å². The van der Waals surface area contributed by atoms with E-state index in [2.05, 4.69) is 10.5 Å². The molecule has 1 heterocycles. The van der Waals surface area contributed by atoms with Gasteiger partial charge in [-0.2, -0.15) is 5.10 Å². The number of halogens is 2. The first kappa shape index (κ1) is 21.6. The summed E-state index contributed by atoms with van der Waals surface area (Å²) in [5.41, 5.74) is 9.69. The zero-order valence-electron chi connectivity index (χ0n) is 15.4. The number of nitrogens with two attached hydrogens (primary N) is 1. The average Bonchev–Trinajstić information content (AvgIpc) is 3.09. The minimum absolute atomic E-state index is 0.000729. The number of aromatic carboxylic acids is 1. The Morgan fingerprint density at radius 2 is 1.83 bits per heavy atom. The largest absolute Gasteiger partial charge is 0.506 e. The van der Waals surface area contributed by atoms with Gasteiger partial charge in [-0.05, 0) is 42.8 Å². The molecule has 0 saturated carbocycles. The Bertz CT molecular complexity index is 1190. The number of carbonyl (C=O) groups is 2. The number of nitrogens with one attached hydrogen (secondary N) is 1. The smallest absolute Gasteiger partial charge is 0.335 e. The van der Waals surface area contributed by atoms with E-state index < -0.39 is 11.9 Å². The molecule has 30 heavy (non-hydrogen) atoms. The quantitative estimate of drug-likeness (QED) is 0.244. The number of nitrogens with zero attached hydrogens (tertiary/aromatic N) is 1. The number of benzene rings is 2. The Balaban J connectivity index is 1.81. The van der Waals surface area contributed by atoms with Gasteiger partial charge in [0.2, 0.25) is 0 Å². The number of rotatable bonds is 5. The van der Waals surface area contributed by atoms with Gasteiger partial charge in [0, 0.05) is 11.1 Å². The number of thiophene rings is 1. The second kappa shape index (κ2) is 8.74. The molecule has 0 atom stereocenters. The van der Waals surface area contributed by atoms with Gasteiger partial charge in [-0.25, -0.2) is 10.2 Å². The van der Waals surface area contributed by atoms with Crippen molar-refractivity contribution in [2.75, 3.05) is 5.73 Å². The molecule has 10 heteroatoms. The molecule has 0 bridgehead atoms. The minimum Gasteiger partial charge on any atom is -0.506 e. The molecule has 0 aliphatic rings. The van der Waals surface area contributed by atoms with Crippen LogP contribution in [0, 0.1) is 0 Å². The second-order valence-corrected chi connectivity index (χ2v) is 7.90. The molecule has 0 aliphatic heterocycles. The first-order chi connectivity index (χ1) is 14.2. The molecule has 3 aromatic rings. The second-order valence-electron chi connectivity index (χ2n) is 6.20. The zero-order valence-corrected chi connectivity index (χ0v) is 17.8. The predicted molar refractivity (Wildman–Crippen MR) is 119 cm³/mol. The first-order valence-corrected chi connectivity index (χ1v) is 10.1. The lowest BCUT2D eigenvalue weighted by molar-refractivity contribution is 0.0696. The predicted octanol–water partition coefficient (Wildman–Crippen LogP) is 4.86. The molecule has 7 nitrogen and oxygen atoms in total. The summed E-state index contributed by atoms with van der Waals surface area (Å²) in [6.07, 6.45) is 0. The van der Waals surface area contributed by atoms with Crippen molar-refractivity contribution in [2.24, 2.45) is 5.10 Å². The van der Waals surface area contributed by atoms with Crippen molar-refractivity contribution in [1.82, 2.24) is 5.43 Å². The van der Waals surface area contributed by atoms with Gasteiger partial charge in [0.1, 0.15) is 5.75 Å². The van der Waals surface area contributed by atoms with Crippen LogP contribution < -0.4 is 11.2 Å². The molecule has 0 unspecified atom stereocenters. The van der Waals surface area contributed by atoms with Gasteiger partial charge in [0.05, 0.1) is 37.3 Å². The molecule has 1 aromatic heterocycles. The Hall–Kier alpha value is -3.07. The summed E-state index contributed by atoms with van der Waals surface area (Å²) in [7, 11) is 0. The summed E-state index contributed by atoms with van der Waals surface area (Å²) in [4.78, 5) is 23.9. The number of anilines is 1. The van der Waals surface area contributed by atoms with Crippen molar-refractivity contribution in [3.8, 4) is 16.2 Å². The van der Waals surface area contributed by atoms with Gasteiger partial charge >= 0.3 is 5.97 Å². The number of amides is 1. The summed E-state index contributed by atoms with van der Waals surface area (Å²) >= 11 is 13.3. The molecule has 5 N–H and O–H groups in total. The fourth-order valence-corrected chi connectivity index (χ4v) is 3.91. The Labute approximate surface area is 185 Å². The molecule has 1 amide bonds. The summed E-state index contributed by atoms with van der Waals surface area (Å²) in [5, 5.41) is 26.0.